The Hall–Kier alpha value is -1.32. The summed E-state index contributed by atoms with van der Waals surface area (Å²) in [5.74, 6) is 1.49. The third-order valence-electron chi connectivity index (χ3n) is 4.25. The molecule has 1 rings (SSSR count). The predicted octanol–water partition coefficient (Wildman–Crippen LogP) is 5.08. The van der Waals surface area contributed by atoms with Crippen LogP contribution in [0.3, 0.4) is 0 Å². The van der Waals surface area contributed by atoms with Crippen molar-refractivity contribution in [2.24, 2.45) is 5.41 Å². The van der Waals surface area contributed by atoms with Gasteiger partial charge in [0.05, 0.1) is 0 Å². The molecule has 0 saturated heterocycles. The number of anilines is 1. The molecule has 0 aliphatic heterocycles. The lowest BCUT2D eigenvalue weighted by Gasteiger charge is -2.23. The van der Waals surface area contributed by atoms with Gasteiger partial charge in [-0.1, -0.05) is 66.5 Å². The lowest BCUT2D eigenvalue weighted by molar-refractivity contribution is -0.124. The number of carbonyl (C=O) groups is 1. The molecule has 0 spiro atoms. The maximum absolute atomic E-state index is 12.4. The quantitative estimate of drug-likeness (QED) is 0.715. The summed E-state index contributed by atoms with van der Waals surface area (Å²) in [6, 6.07) is 0. The molecule has 0 fully saturated rings. The maximum Gasteiger partial charge on any atom is 0.231 e. The van der Waals surface area contributed by atoms with Gasteiger partial charge in [0.25, 0.3) is 0 Å². The zero-order valence-electron chi connectivity index (χ0n) is 15.3. The Morgan fingerprint density at radius 2 is 1.77 bits per heavy atom. The van der Waals surface area contributed by atoms with Gasteiger partial charge in [-0.25, -0.2) is 0 Å². The molecule has 0 radical (unpaired) electrons. The molecule has 0 aliphatic rings. The molecular formula is C18H32N2O2. The molecule has 0 saturated carbocycles. The van der Waals surface area contributed by atoms with Gasteiger partial charge in [-0.2, -0.15) is 0 Å². The first kappa shape index (κ1) is 18.7. The number of rotatable bonds is 7. The van der Waals surface area contributed by atoms with E-state index in [-0.39, 0.29) is 11.3 Å². The summed E-state index contributed by atoms with van der Waals surface area (Å²) in [5.41, 5.74) is 0.514. The lowest BCUT2D eigenvalue weighted by Crippen LogP contribution is -2.31. The number of unbranched alkanes of at least 4 members (excludes halogenated alkanes) is 2. The third-order valence-corrected chi connectivity index (χ3v) is 4.25. The Kier molecular flexibility index (Phi) is 6.21. The van der Waals surface area contributed by atoms with Crippen LogP contribution in [0, 0.1) is 5.41 Å². The number of aromatic nitrogens is 1. The molecule has 126 valence electrons. The largest absolute Gasteiger partial charge is 0.359 e. The van der Waals surface area contributed by atoms with Crippen molar-refractivity contribution in [3.8, 4) is 0 Å². The lowest BCUT2D eigenvalue weighted by atomic mass is 9.85. The van der Waals surface area contributed by atoms with E-state index < -0.39 is 5.41 Å². The second kappa shape index (κ2) is 7.30. The second-order valence-corrected chi connectivity index (χ2v) is 7.73. The summed E-state index contributed by atoms with van der Waals surface area (Å²) in [4.78, 5) is 12.4. The predicted molar refractivity (Wildman–Crippen MR) is 91.1 cm³/mol. The molecule has 4 heteroatoms. The monoisotopic (exact) mass is 308 g/mol. The van der Waals surface area contributed by atoms with Gasteiger partial charge in [-0.15, -0.1) is 0 Å². The van der Waals surface area contributed by atoms with Crippen LogP contribution in [0.1, 0.15) is 85.5 Å². The summed E-state index contributed by atoms with van der Waals surface area (Å²) < 4.78 is 5.55. The minimum Gasteiger partial charge on any atom is -0.359 e. The smallest absolute Gasteiger partial charge is 0.231 e. The summed E-state index contributed by atoms with van der Waals surface area (Å²) in [7, 11) is 0. The average Bonchev–Trinajstić information content (AvgIpc) is 2.81. The first-order chi connectivity index (χ1) is 10.1. The van der Waals surface area contributed by atoms with Crippen LogP contribution in [0.15, 0.2) is 4.52 Å². The van der Waals surface area contributed by atoms with Crippen molar-refractivity contribution in [1.29, 1.82) is 0 Å². The minimum absolute atomic E-state index is 0.00564. The van der Waals surface area contributed by atoms with Crippen molar-refractivity contribution >= 4 is 11.7 Å². The molecule has 0 aliphatic carbocycles. The number of hydrogen-bond acceptors (Lipinski definition) is 3. The van der Waals surface area contributed by atoms with E-state index in [1.54, 1.807) is 0 Å². The van der Waals surface area contributed by atoms with E-state index in [0.717, 1.165) is 30.6 Å². The van der Waals surface area contributed by atoms with Crippen molar-refractivity contribution in [2.45, 2.75) is 86.0 Å². The van der Waals surface area contributed by atoms with Gasteiger partial charge in [0.15, 0.2) is 5.82 Å². The van der Waals surface area contributed by atoms with E-state index >= 15 is 0 Å². The van der Waals surface area contributed by atoms with Crippen molar-refractivity contribution in [3.63, 3.8) is 0 Å². The van der Waals surface area contributed by atoms with E-state index in [1.165, 1.54) is 12.8 Å². The highest BCUT2D eigenvalue weighted by Gasteiger charge is 2.31. The van der Waals surface area contributed by atoms with Crippen molar-refractivity contribution in [2.75, 3.05) is 5.32 Å². The Labute approximate surface area is 135 Å². The Morgan fingerprint density at radius 3 is 2.27 bits per heavy atom. The average molecular weight is 308 g/mol. The summed E-state index contributed by atoms with van der Waals surface area (Å²) in [6.45, 7) is 14.5. The highest BCUT2D eigenvalue weighted by Crippen LogP contribution is 2.34. The second-order valence-electron chi connectivity index (χ2n) is 7.73. The van der Waals surface area contributed by atoms with E-state index in [9.17, 15) is 4.79 Å². The molecule has 22 heavy (non-hydrogen) atoms. The normalized spacial score (nSPS) is 12.5. The molecule has 1 aromatic rings. The van der Waals surface area contributed by atoms with Crippen molar-refractivity contribution in [1.82, 2.24) is 5.16 Å². The molecule has 1 aromatic heterocycles. The van der Waals surface area contributed by atoms with E-state index in [1.807, 2.05) is 20.8 Å². The van der Waals surface area contributed by atoms with Crippen LogP contribution >= 0.6 is 0 Å². The van der Waals surface area contributed by atoms with Gasteiger partial charge in [0.1, 0.15) is 5.76 Å². The van der Waals surface area contributed by atoms with Crippen LogP contribution in [-0.4, -0.2) is 11.1 Å². The van der Waals surface area contributed by atoms with Gasteiger partial charge >= 0.3 is 0 Å². The molecule has 0 bridgehead atoms. The fourth-order valence-electron chi connectivity index (χ4n) is 2.33. The van der Waals surface area contributed by atoms with E-state index in [0.29, 0.717) is 5.82 Å². The first-order valence-corrected chi connectivity index (χ1v) is 8.44. The van der Waals surface area contributed by atoms with E-state index in [4.69, 9.17) is 4.52 Å². The molecule has 0 aromatic carbocycles. The number of aryl methyl sites for hydroxylation is 1. The number of carbonyl (C=O) groups excluding carboxylic acids is 1. The van der Waals surface area contributed by atoms with Gasteiger partial charge < -0.3 is 9.84 Å². The van der Waals surface area contributed by atoms with Crippen LogP contribution in [0.5, 0.6) is 0 Å². The highest BCUT2D eigenvalue weighted by molar-refractivity contribution is 5.94. The van der Waals surface area contributed by atoms with Crippen LogP contribution in [0.2, 0.25) is 0 Å². The molecule has 1 amide bonds. The van der Waals surface area contributed by atoms with Gasteiger partial charge in [-0.3, -0.25) is 4.79 Å². The van der Waals surface area contributed by atoms with Crippen molar-refractivity contribution < 1.29 is 9.32 Å². The molecule has 4 nitrogen and oxygen atoms in total. The van der Waals surface area contributed by atoms with Crippen molar-refractivity contribution in [3.05, 3.63) is 11.3 Å². The SMILES string of the molecule is CCCCCc1onc(NC(=O)C(C)(C)CC)c1C(C)(C)C. The zero-order chi connectivity index (χ0) is 17.0. The summed E-state index contributed by atoms with van der Waals surface area (Å²) >= 11 is 0. The Morgan fingerprint density at radius 1 is 1.14 bits per heavy atom. The van der Waals surface area contributed by atoms with Crippen LogP contribution in [0.25, 0.3) is 0 Å². The van der Waals surface area contributed by atoms with Crippen LogP contribution in [-0.2, 0) is 16.6 Å². The highest BCUT2D eigenvalue weighted by atomic mass is 16.5. The maximum atomic E-state index is 12.4. The standard InChI is InChI=1S/C18H32N2O2/c1-8-10-11-12-13-14(17(3,4)5)15(20-22-13)19-16(21)18(6,7)9-2/h8-12H2,1-7H3,(H,19,20,21). The molecule has 0 unspecified atom stereocenters. The molecule has 0 atom stereocenters. The third kappa shape index (κ3) is 4.59. The van der Waals surface area contributed by atoms with Gasteiger partial charge in [0.2, 0.25) is 5.91 Å². The Bertz CT molecular complexity index is 496. The van der Waals surface area contributed by atoms with Gasteiger partial charge in [0, 0.05) is 17.4 Å². The summed E-state index contributed by atoms with van der Waals surface area (Å²) in [5, 5.41) is 7.12. The van der Waals surface area contributed by atoms with E-state index in [2.05, 4.69) is 38.2 Å². The van der Waals surface area contributed by atoms with Crippen LogP contribution in [0.4, 0.5) is 5.82 Å². The molecular weight excluding hydrogens is 276 g/mol. The fourth-order valence-corrected chi connectivity index (χ4v) is 2.33. The number of hydrogen-bond donors (Lipinski definition) is 1. The Balaban J connectivity index is 3.03. The fraction of sp³-hybridized carbons (Fsp3) is 0.778. The summed E-state index contributed by atoms with van der Waals surface area (Å²) in [6.07, 6.45) is 5.09. The molecule has 1 heterocycles. The zero-order valence-corrected chi connectivity index (χ0v) is 15.3. The number of nitrogens with zero attached hydrogens (tertiary/aromatic N) is 1. The molecule has 1 N–H and O–H groups in total. The van der Waals surface area contributed by atoms with Gasteiger partial charge in [-0.05, 0) is 18.3 Å². The first-order valence-electron chi connectivity index (χ1n) is 8.44. The van der Waals surface area contributed by atoms with Crippen LogP contribution < -0.4 is 5.32 Å². The number of amides is 1. The number of nitrogens with one attached hydrogen (secondary N) is 1. The minimum atomic E-state index is -0.406. The topological polar surface area (TPSA) is 55.1 Å².